The van der Waals surface area contributed by atoms with Crippen molar-refractivity contribution in [2.45, 2.75) is 85.4 Å². The van der Waals surface area contributed by atoms with Gasteiger partial charge in [-0.1, -0.05) is 104 Å². The number of aromatic nitrogens is 2. The van der Waals surface area contributed by atoms with Gasteiger partial charge in [0.1, 0.15) is 5.82 Å². The third-order valence-electron chi connectivity index (χ3n) is 10.3. The van der Waals surface area contributed by atoms with Crippen LogP contribution in [0.15, 0.2) is 109 Å². The van der Waals surface area contributed by atoms with E-state index in [9.17, 15) is 0 Å². The first-order chi connectivity index (χ1) is 26.8. The molecular weight excluding hydrogens is 856 g/mol. The van der Waals surface area contributed by atoms with Gasteiger partial charge in [-0.05, 0) is 87.1 Å². The third kappa shape index (κ3) is 7.20. The fourth-order valence-corrected chi connectivity index (χ4v) is 7.15. The predicted octanol–water partition coefficient (Wildman–Crippen LogP) is 13.2. The Morgan fingerprint density at radius 3 is 2.05 bits per heavy atom. The Bertz CT molecular complexity index is 2630. The molecule has 5 aromatic carbocycles. The van der Waals surface area contributed by atoms with Crippen LogP contribution in [0.25, 0.3) is 27.6 Å². The summed E-state index contributed by atoms with van der Waals surface area (Å²) in [5, 5.41) is 2.16. The van der Waals surface area contributed by atoms with Crippen LogP contribution >= 0.6 is 0 Å². The molecule has 2 aromatic heterocycles. The van der Waals surface area contributed by atoms with E-state index in [1.807, 2.05) is 65.1 Å². The van der Waals surface area contributed by atoms with Crippen molar-refractivity contribution >= 4 is 44.6 Å². The summed E-state index contributed by atoms with van der Waals surface area (Å²) in [6.07, 6.45) is 1.87. The van der Waals surface area contributed by atoms with Crippen LogP contribution < -0.4 is 14.5 Å². The molecule has 0 radical (unpaired) electrons. The summed E-state index contributed by atoms with van der Waals surface area (Å²) < 4.78 is 34.3. The summed E-state index contributed by atoms with van der Waals surface area (Å²) in [6.45, 7) is 19.5. The molecule has 8 rings (SSSR count). The topological polar surface area (TPSA) is 33.5 Å². The van der Waals surface area contributed by atoms with E-state index in [1.165, 1.54) is 16.7 Å². The minimum absolute atomic E-state index is 0. The van der Waals surface area contributed by atoms with Gasteiger partial charge < -0.3 is 19.1 Å². The molecule has 1 aliphatic heterocycles. The maximum atomic E-state index is 8.54. The summed E-state index contributed by atoms with van der Waals surface area (Å²) in [6, 6.07) is 41.5. The minimum atomic E-state index is -2.34. The van der Waals surface area contributed by atoms with Gasteiger partial charge in [0.15, 0.2) is 0 Å². The molecular formula is C49H49N4OPt-3. The molecule has 0 unspecified atom stereocenters. The molecule has 6 heteroatoms. The van der Waals surface area contributed by atoms with Crippen LogP contribution in [-0.2, 0) is 37.3 Å². The van der Waals surface area contributed by atoms with Crippen LogP contribution in [-0.4, -0.2) is 9.55 Å². The smallest absolute Gasteiger partial charge is 0.135 e. The molecule has 0 bridgehead atoms. The third-order valence-corrected chi connectivity index (χ3v) is 10.3. The molecule has 3 heterocycles. The Morgan fingerprint density at radius 2 is 1.35 bits per heavy atom. The second kappa shape index (κ2) is 14.0. The number of para-hydroxylation sites is 2. The summed E-state index contributed by atoms with van der Waals surface area (Å²) >= 11 is 0. The van der Waals surface area contributed by atoms with Crippen molar-refractivity contribution in [1.82, 2.24) is 9.55 Å². The van der Waals surface area contributed by atoms with Crippen molar-refractivity contribution < 1.29 is 29.9 Å². The van der Waals surface area contributed by atoms with E-state index in [-0.39, 0.29) is 42.9 Å². The second-order valence-electron chi connectivity index (χ2n) is 17.4. The molecule has 0 atom stereocenters. The van der Waals surface area contributed by atoms with E-state index in [0.717, 1.165) is 39.0 Å². The number of hydrogen-bond donors (Lipinski definition) is 0. The molecule has 0 aliphatic carbocycles. The molecule has 284 valence electrons. The van der Waals surface area contributed by atoms with Crippen LogP contribution in [0.3, 0.4) is 0 Å². The molecule has 0 saturated heterocycles. The van der Waals surface area contributed by atoms with Gasteiger partial charge in [-0.3, -0.25) is 0 Å². The normalized spacial score (nSPS) is 14.4. The quantitative estimate of drug-likeness (QED) is 0.161. The average Bonchev–Trinajstić information content (AvgIpc) is 3.70. The zero-order chi connectivity index (χ0) is 40.7. The number of pyridine rings is 1. The van der Waals surface area contributed by atoms with Gasteiger partial charge in [-0.2, -0.15) is 12.1 Å². The molecule has 0 N–H and O–H groups in total. The molecule has 0 spiro atoms. The first kappa shape index (κ1) is 34.6. The Kier molecular flexibility index (Phi) is 8.82. The van der Waals surface area contributed by atoms with Crippen molar-refractivity contribution in [3.63, 3.8) is 0 Å². The zero-order valence-electron chi connectivity index (χ0n) is 36.0. The van der Waals surface area contributed by atoms with E-state index in [2.05, 4.69) is 134 Å². The molecule has 0 amide bonds. The Morgan fingerprint density at radius 1 is 0.655 bits per heavy atom. The molecule has 0 saturated carbocycles. The number of rotatable bonds is 5. The van der Waals surface area contributed by atoms with Gasteiger partial charge in [-0.25, -0.2) is 4.98 Å². The van der Waals surface area contributed by atoms with Gasteiger partial charge in [0.2, 0.25) is 0 Å². The standard InChI is InChI=1S/C49H49N4O.Pt/c1-32-15-13-20-43-46(32)52(37-26-34(48(5,6)7)25-35(27-37)49(8,9)10)31-51(43)36-16-14-17-38(29-36)54-39-21-22-41-40-18-11-12-19-42(40)53(44(41)30-39)45-28-33(23-24-50-45)47(2,3)4;/h11-28,31H,1-10H3;/q-3;/i1D3;. The number of anilines is 4. The van der Waals surface area contributed by atoms with Gasteiger partial charge >= 0.3 is 0 Å². The molecule has 55 heavy (non-hydrogen) atoms. The second-order valence-corrected chi connectivity index (χ2v) is 17.4. The van der Waals surface area contributed by atoms with Crippen LogP contribution in [0.5, 0.6) is 11.5 Å². The Hall–Kier alpha value is -4.86. The van der Waals surface area contributed by atoms with Crippen molar-refractivity contribution in [2.24, 2.45) is 0 Å². The van der Waals surface area contributed by atoms with Crippen molar-refractivity contribution in [2.75, 3.05) is 9.80 Å². The Balaban J connectivity index is 0.00000512. The van der Waals surface area contributed by atoms with Gasteiger partial charge in [0.05, 0.1) is 0 Å². The van der Waals surface area contributed by atoms with E-state index in [4.69, 9.17) is 13.8 Å². The maximum absolute atomic E-state index is 8.54. The largest absolute Gasteiger partial charge is 0.509 e. The van der Waals surface area contributed by atoms with Crippen LogP contribution in [0.4, 0.5) is 22.7 Å². The van der Waals surface area contributed by atoms with Gasteiger partial charge in [0.25, 0.3) is 0 Å². The number of ether oxygens (including phenoxy) is 1. The van der Waals surface area contributed by atoms with Crippen LogP contribution in [0, 0.1) is 25.7 Å². The van der Waals surface area contributed by atoms with E-state index < -0.39 is 6.85 Å². The molecule has 7 aromatic rings. The Labute approximate surface area is 345 Å². The fourth-order valence-electron chi connectivity index (χ4n) is 7.15. The van der Waals surface area contributed by atoms with Crippen molar-refractivity contribution in [3.8, 4) is 17.3 Å². The first-order valence-electron chi connectivity index (χ1n) is 20.1. The number of benzene rings is 5. The number of fused-ring (bicyclic) bond motifs is 4. The number of hydrogen-bond acceptors (Lipinski definition) is 4. The summed E-state index contributed by atoms with van der Waals surface area (Å²) in [5.41, 5.74) is 8.44. The van der Waals surface area contributed by atoms with Gasteiger partial charge in [0, 0.05) is 65.5 Å². The number of aryl methyl sites for hydroxylation is 1. The molecule has 1 aliphatic rings. The van der Waals surface area contributed by atoms with E-state index in [0.29, 0.717) is 22.9 Å². The first-order valence-corrected chi connectivity index (χ1v) is 18.6. The van der Waals surface area contributed by atoms with Crippen LogP contribution in [0.2, 0.25) is 0 Å². The van der Waals surface area contributed by atoms with Crippen LogP contribution in [0.1, 0.15) is 88.7 Å². The summed E-state index contributed by atoms with van der Waals surface area (Å²) in [4.78, 5) is 8.83. The molecule has 0 fully saturated rings. The van der Waals surface area contributed by atoms with Crippen molar-refractivity contribution in [3.05, 3.63) is 150 Å². The number of nitrogens with zero attached hydrogens (tertiary/aromatic N) is 4. The SMILES string of the molecule is [2H]C([2H])([2H])c1cccc2c1N(c1cc(C(C)(C)C)cc(C(C)(C)C)c1)[CH-]N2c1[c-]c(Oc2[c-]c3c(cc2)c2ccccc2n3-c2cc(C(C)(C)C)ccn2)ccc1.[Pt]. The summed E-state index contributed by atoms with van der Waals surface area (Å²) in [5.74, 6) is 1.86. The van der Waals surface area contributed by atoms with E-state index in [1.54, 1.807) is 6.07 Å². The maximum Gasteiger partial charge on any atom is 0.135 e. The minimum Gasteiger partial charge on any atom is -0.509 e. The monoisotopic (exact) mass is 907 g/mol. The zero-order valence-corrected chi connectivity index (χ0v) is 35.3. The fraction of sp³-hybridized carbons (Fsp3) is 0.265. The molecule has 5 nitrogen and oxygen atoms in total. The summed E-state index contributed by atoms with van der Waals surface area (Å²) in [7, 11) is 0. The average molecular weight is 908 g/mol. The van der Waals surface area contributed by atoms with Gasteiger partial charge in [-0.15, -0.1) is 48.1 Å². The van der Waals surface area contributed by atoms with E-state index >= 15 is 0 Å². The predicted molar refractivity (Wildman–Crippen MR) is 225 cm³/mol. The van der Waals surface area contributed by atoms with Crippen molar-refractivity contribution in [1.29, 1.82) is 0 Å².